The lowest BCUT2D eigenvalue weighted by molar-refractivity contribution is 0.264. The highest BCUT2D eigenvalue weighted by molar-refractivity contribution is 5.86. The number of aliphatic hydroxyl groups is 1. The molecule has 0 saturated carbocycles. The first kappa shape index (κ1) is 11.9. The van der Waals surface area contributed by atoms with Crippen LogP contribution in [0.1, 0.15) is 11.9 Å². The number of fused-ring (bicyclic) bond motifs is 1. The van der Waals surface area contributed by atoms with Gasteiger partial charge in [0.15, 0.2) is 0 Å². The Labute approximate surface area is 110 Å². The van der Waals surface area contributed by atoms with Crippen LogP contribution < -0.4 is 5.73 Å². The van der Waals surface area contributed by atoms with Crippen molar-refractivity contribution in [1.29, 1.82) is 0 Å². The van der Waals surface area contributed by atoms with Crippen molar-refractivity contribution >= 4 is 10.8 Å². The van der Waals surface area contributed by atoms with Crippen molar-refractivity contribution in [2.24, 2.45) is 5.73 Å². The number of benzene rings is 2. The molecule has 96 valence electrons. The predicted octanol–water partition coefficient (Wildman–Crippen LogP) is 2.22. The monoisotopic (exact) mass is 253 g/mol. The summed E-state index contributed by atoms with van der Waals surface area (Å²) in [5.74, 6) is 0.602. The minimum Gasteiger partial charge on any atom is -0.394 e. The van der Waals surface area contributed by atoms with Crippen molar-refractivity contribution in [3.8, 4) is 11.3 Å². The molecule has 0 aliphatic rings. The number of nitrogens with zero attached hydrogens (tertiary/aromatic N) is 1. The molecule has 2 aromatic carbocycles. The highest BCUT2D eigenvalue weighted by atomic mass is 16.3. The molecule has 1 heterocycles. The number of H-pyrrole nitrogens is 1. The summed E-state index contributed by atoms with van der Waals surface area (Å²) in [7, 11) is 0. The number of hydrogen-bond acceptors (Lipinski definition) is 3. The fraction of sp³-hybridized carbons (Fsp3) is 0.133. The predicted molar refractivity (Wildman–Crippen MR) is 75.5 cm³/mol. The number of rotatable bonds is 3. The molecule has 4 heteroatoms. The maximum absolute atomic E-state index is 9.02. The Morgan fingerprint density at radius 3 is 2.74 bits per heavy atom. The lowest BCUT2D eigenvalue weighted by Gasteiger charge is -2.04. The van der Waals surface area contributed by atoms with E-state index in [1.807, 2.05) is 18.2 Å². The summed E-state index contributed by atoms with van der Waals surface area (Å²) in [5, 5.41) is 11.4. The maximum atomic E-state index is 9.02. The molecule has 0 bridgehead atoms. The second-order valence-corrected chi connectivity index (χ2v) is 4.53. The Morgan fingerprint density at radius 2 is 1.95 bits per heavy atom. The van der Waals surface area contributed by atoms with Crippen LogP contribution in [0.25, 0.3) is 22.0 Å². The zero-order chi connectivity index (χ0) is 13.2. The minimum absolute atomic E-state index is 0.120. The van der Waals surface area contributed by atoms with E-state index in [4.69, 9.17) is 10.8 Å². The topological polar surface area (TPSA) is 74.9 Å². The third-order valence-corrected chi connectivity index (χ3v) is 3.20. The molecule has 0 aliphatic heterocycles. The number of imidazole rings is 1. The molecule has 0 aliphatic carbocycles. The summed E-state index contributed by atoms with van der Waals surface area (Å²) >= 11 is 0. The molecule has 1 atom stereocenters. The molecule has 0 amide bonds. The van der Waals surface area contributed by atoms with Gasteiger partial charge in [-0.25, -0.2) is 4.98 Å². The summed E-state index contributed by atoms with van der Waals surface area (Å²) in [6.45, 7) is -0.120. The van der Waals surface area contributed by atoms with Crippen LogP contribution in [0.5, 0.6) is 0 Å². The van der Waals surface area contributed by atoms with Gasteiger partial charge in [-0.2, -0.15) is 0 Å². The molecule has 4 nitrogen and oxygen atoms in total. The molecule has 19 heavy (non-hydrogen) atoms. The van der Waals surface area contributed by atoms with Gasteiger partial charge in [-0.05, 0) is 16.8 Å². The van der Waals surface area contributed by atoms with Gasteiger partial charge in [0, 0.05) is 5.56 Å². The van der Waals surface area contributed by atoms with Crippen LogP contribution in [0.2, 0.25) is 0 Å². The van der Waals surface area contributed by atoms with Gasteiger partial charge >= 0.3 is 0 Å². The fourth-order valence-corrected chi connectivity index (χ4v) is 2.12. The molecular formula is C15H15N3O. The largest absolute Gasteiger partial charge is 0.394 e. The van der Waals surface area contributed by atoms with E-state index >= 15 is 0 Å². The summed E-state index contributed by atoms with van der Waals surface area (Å²) in [4.78, 5) is 7.35. The Morgan fingerprint density at radius 1 is 1.16 bits per heavy atom. The molecule has 3 rings (SSSR count). The van der Waals surface area contributed by atoms with Crippen LogP contribution in [-0.2, 0) is 0 Å². The van der Waals surface area contributed by atoms with Gasteiger partial charge in [0.05, 0.1) is 24.5 Å². The lowest BCUT2D eigenvalue weighted by atomic mass is 10.1. The SMILES string of the molecule is NC(CO)c1ncc(-c2ccc3ccccc3c2)[nH]1. The van der Waals surface area contributed by atoms with E-state index in [0.29, 0.717) is 5.82 Å². The van der Waals surface area contributed by atoms with Crippen molar-refractivity contribution in [2.75, 3.05) is 6.61 Å². The molecule has 0 spiro atoms. The van der Waals surface area contributed by atoms with E-state index < -0.39 is 6.04 Å². The zero-order valence-corrected chi connectivity index (χ0v) is 10.4. The van der Waals surface area contributed by atoms with Crippen LogP contribution in [0.3, 0.4) is 0 Å². The number of aromatic nitrogens is 2. The van der Waals surface area contributed by atoms with E-state index in [-0.39, 0.29) is 6.61 Å². The van der Waals surface area contributed by atoms with Crippen LogP contribution >= 0.6 is 0 Å². The van der Waals surface area contributed by atoms with Crippen molar-refractivity contribution in [1.82, 2.24) is 9.97 Å². The van der Waals surface area contributed by atoms with E-state index in [1.165, 1.54) is 10.8 Å². The molecule has 0 saturated heterocycles. The summed E-state index contributed by atoms with van der Waals surface area (Å²) in [6, 6.07) is 14.0. The van der Waals surface area contributed by atoms with E-state index in [2.05, 4.69) is 34.2 Å². The molecule has 3 aromatic rings. The first-order chi connectivity index (χ1) is 9.28. The van der Waals surface area contributed by atoms with Gasteiger partial charge in [-0.3, -0.25) is 0 Å². The van der Waals surface area contributed by atoms with Gasteiger partial charge in [0.1, 0.15) is 5.82 Å². The van der Waals surface area contributed by atoms with Crippen LogP contribution in [0.15, 0.2) is 48.7 Å². The highest BCUT2D eigenvalue weighted by Crippen LogP contribution is 2.23. The molecule has 1 aromatic heterocycles. The van der Waals surface area contributed by atoms with E-state index in [0.717, 1.165) is 11.3 Å². The Hall–Kier alpha value is -2.17. The molecular weight excluding hydrogens is 238 g/mol. The Bertz CT molecular complexity index is 705. The first-order valence-corrected chi connectivity index (χ1v) is 6.18. The quantitative estimate of drug-likeness (QED) is 0.670. The Balaban J connectivity index is 2.01. The van der Waals surface area contributed by atoms with Crippen LogP contribution in [0.4, 0.5) is 0 Å². The van der Waals surface area contributed by atoms with Gasteiger partial charge in [0.25, 0.3) is 0 Å². The molecule has 4 N–H and O–H groups in total. The lowest BCUT2D eigenvalue weighted by Crippen LogP contribution is -2.15. The molecule has 0 radical (unpaired) electrons. The zero-order valence-electron chi connectivity index (χ0n) is 10.4. The Kier molecular flexibility index (Phi) is 3.03. The van der Waals surface area contributed by atoms with Crippen molar-refractivity contribution < 1.29 is 5.11 Å². The number of hydrogen-bond donors (Lipinski definition) is 3. The van der Waals surface area contributed by atoms with Gasteiger partial charge in [-0.1, -0.05) is 36.4 Å². The standard InChI is InChI=1S/C15H15N3O/c16-13(9-19)15-17-8-14(18-15)12-6-5-10-3-1-2-4-11(10)7-12/h1-8,13,19H,9,16H2,(H,17,18). The number of aliphatic hydroxyl groups excluding tert-OH is 1. The highest BCUT2D eigenvalue weighted by Gasteiger charge is 2.09. The maximum Gasteiger partial charge on any atom is 0.125 e. The molecule has 0 fully saturated rings. The number of aromatic amines is 1. The third-order valence-electron chi connectivity index (χ3n) is 3.20. The van der Waals surface area contributed by atoms with Gasteiger partial charge < -0.3 is 15.8 Å². The summed E-state index contributed by atoms with van der Waals surface area (Å²) < 4.78 is 0. The van der Waals surface area contributed by atoms with Crippen molar-refractivity contribution in [2.45, 2.75) is 6.04 Å². The van der Waals surface area contributed by atoms with Gasteiger partial charge in [-0.15, -0.1) is 0 Å². The smallest absolute Gasteiger partial charge is 0.125 e. The van der Waals surface area contributed by atoms with Crippen LogP contribution in [-0.4, -0.2) is 21.7 Å². The number of nitrogens with one attached hydrogen (secondary N) is 1. The van der Waals surface area contributed by atoms with E-state index in [1.54, 1.807) is 6.20 Å². The van der Waals surface area contributed by atoms with Gasteiger partial charge in [0.2, 0.25) is 0 Å². The second-order valence-electron chi connectivity index (χ2n) is 4.53. The normalized spacial score (nSPS) is 12.7. The van der Waals surface area contributed by atoms with Crippen molar-refractivity contribution in [3.63, 3.8) is 0 Å². The third kappa shape index (κ3) is 2.23. The molecule has 1 unspecified atom stereocenters. The fourth-order valence-electron chi connectivity index (χ4n) is 2.12. The minimum atomic E-state index is -0.464. The van der Waals surface area contributed by atoms with E-state index in [9.17, 15) is 0 Å². The summed E-state index contributed by atoms with van der Waals surface area (Å²) in [5.41, 5.74) is 7.70. The summed E-state index contributed by atoms with van der Waals surface area (Å²) in [6.07, 6.45) is 1.74. The van der Waals surface area contributed by atoms with Crippen LogP contribution in [0, 0.1) is 0 Å². The second kappa shape index (κ2) is 4.84. The average Bonchev–Trinajstić information content (AvgIpc) is 2.95. The first-order valence-electron chi connectivity index (χ1n) is 6.18. The van der Waals surface area contributed by atoms with Crippen molar-refractivity contribution in [3.05, 3.63) is 54.5 Å². The average molecular weight is 253 g/mol. The number of nitrogens with two attached hydrogens (primary N) is 1.